The number of sulfonamides is 3. The molecule has 0 saturated carbocycles. The Balaban J connectivity index is 1.34. The van der Waals surface area contributed by atoms with Crippen LogP contribution in [0.2, 0.25) is 0 Å². The molecule has 2 amide bonds. The van der Waals surface area contributed by atoms with Gasteiger partial charge in [-0.3, -0.25) is 0 Å². The van der Waals surface area contributed by atoms with Crippen LogP contribution in [0.1, 0.15) is 77.5 Å². The van der Waals surface area contributed by atoms with Gasteiger partial charge in [0.25, 0.3) is 0 Å². The van der Waals surface area contributed by atoms with Crippen molar-refractivity contribution in [3.63, 3.8) is 0 Å². The molecule has 0 spiro atoms. The number of piperidine rings is 1. The summed E-state index contributed by atoms with van der Waals surface area (Å²) in [5, 5.41) is 15.2. The van der Waals surface area contributed by atoms with Gasteiger partial charge in [0.2, 0.25) is 35.9 Å². The minimum Gasteiger partial charge on any atom is -0.497 e. The number of anilines is 1. The molecular weight excluding hydrogens is 1070 g/mol. The van der Waals surface area contributed by atoms with Crippen LogP contribution in [-0.2, 0) is 59.2 Å². The van der Waals surface area contributed by atoms with Crippen LogP contribution in [-0.4, -0.2) is 150 Å². The molecule has 0 radical (unpaired) electrons. The third-order valence-corrected chi connectivity index (χ3v) is 18.2. The van der Waals surface area contributed by atoms with E-state index in [0.29, 0.717) is 28.4 Å². The first kappa shape index (κ1) is 59.1. The van der Waals surface area contributed by atoms with Crippen molar-refractivity contribution in [2.24, 2.45) is 0 Å². The second kappa shape index (κ2) is 24.6. The predicted molar refractivity (Wildman–Crippen MR) is 291 cm³/mol. The van der Waals surface area contributed by atoms with Gasteiger partial charge in [-0.25, -0.2) is 44.3 Å². The zero-order chi connectivity index (χ0) is 56.6. The summed E-state index contributed by atoms with van der Waals surface area (Å²) in [6.45, 7) is 10.0. The summed E-state index contributed by atoms with van der Waals surface area (Å²) in [5.74, 6) is 1.44. The Labute approximate surface area is 457 Å². The Bertz CT molecular complexity index is 3160. The molecule has 0 unspecified atom stereocenters. The number of hydrogen-bond donors (Lipinski definition) is 3. The summed E-state index contributed by atoms with van der Waals surface area (Å²) in [4.78, 5) is 28.5. The number of benzene rings is 4. The zero-order valence-electron chi connectivity index (χ0n) is 45.4. The molecule has 1 aromatic heterocycles. The van der Waals surface area contributed by atoms with Crippen LogP contribution in [0.15, 0.2) is 94.7 Å². The number of ether oxygens (including phenoxy) is 5. The van der Waals surface area contributed by atoms with Gasteiger partial charge in [-0.05, 0) is 131 Å². The summed E-state index contributed by atoms with van der Waals surface area (Å²) in [7, 11) is -9.21. The number of tetrazole rings is 1. The van der Waals surface area contributed by atoms with E-state index in [2.05, 4.69) is 25.1 Å². The molecule has 4 aromatic carbocycles. The highest BCUT2D eigenvalue weighted by Gasteiger charge is 2.41. The van der Waals surface area contributed by atoms with Gasteiger partial charge in [0.05, 0.1) is 38.7 Å². The summed E-state index contributed by atoms with van der Waals surface area (Å²) in [6.07, 6.45) is -0.970. The van der Waals surface area contributed by atoms with Gasteiger partial charge in [0.15, 0.2) is 0 Å². The van der Waals surface area contributed by atoms with Crippen LogP contribution in [0, 0.1) is 0 Å². The number of amides is 2. The first-order chi connectivity index (χ1) is 36.8. The SMILES string of the molecule is COc1ccc(CN(Cc2ccc(OC)cc2)S(=O)(=O)c2c(S(=O)(=O)N[C@@H]3CCN(C(=O)OC(C)(C)C)C3)ccc(N3CCC(S(=O)(=O)NCCNC(=O)OC(C)(C)C)CC3)c2-c2nnn(Cc3ccc(OC)cc3)n2)cc1. The smallest absolute Gasteiger partial charge is 0.410 e. The van der Waals surface area contributed by atoms with Crippen molar-refractivity contribution < 1.29 is 58.5 Å². The maximum atomic E-state index is 16.3. The number of rotatable bonds is 21. The van der Waals surface area contributed by atoms with Gasteiger partial charge in [-0.1, -0.05) is 36.4 Å². The quantitative estimate of drug-likeness (QED) is 0.0765. The van der Waals surface area contributed by atoms with E-state index in [4.69, 9.17) is 28.8 Å². The van der Waals surface area contributed by atoms with Crippen LogP contribution >= 0.6 is 0 Å². The number of likely N-dealkylation sites (tertiary alicyclic amines) is 1. The van der Waals surface area contributed by atoms with Crippen molar-refractivity contribution >= 4 is 47.9 Å². The molecule has 2 aliphatic rings. The van der Waals surface area contributed by atoms with Crippen molar-refractivity contribution in [3.8, 4) is 28.6 Å². The van der Waals surface area contributed by atoms with Crippen LogP contribution in [0.5, 0.6) is 17.2 Å². The maximum Gasteiger partial charge on any atom is 0.410 e. The largest absolute Gasteiger partial charge is 0.497 e. The summed E-state index contributed by atoms with van der Waals surface area (Å²) in [5.41, 5.74) is 0.286. The lowest BCUT2D eigenvalue weighted by atomic mass is 10.1. The van der Waals surface area contributed by atoms with E-state index in [9.17, 15) is 18.0 Å². The van der Waals surface area contributed by atoms with E-state index < -0.39 is 74.5 Å². The third kappa shape index (κ3) is 15.4. The van der Waals surface area contributed by atoms with E-state index in [0.717, 1.165) is 5.56 Å². The Morgan fingerprint density at radius 2 is 1.22 bits per heavy atom. The Morgan fingerprint density at radius 1 is 0.679 bits per heavy atom. The number of nitrogens with zero attached hydrogens (tertiary/aromatic N) is 7. The highest BCUT2D eigenvalue weighted by Crippen LogP contribution is 2.42. The number of alkyl carbamates (subject to hydrolysis) is 1. The number of carbonyl (C=O) groups excluding carboxylic acids is 2. The fourth-order valence-corrected chi connectivity index (χ4v) is 14.0. The molecule has 23 nitrogen and oxygen atoms in total. The van der Waals surface area contributed by atoms with E-state index in [1.54, 1.807) is 126 Å². The summed E-state index contributed by atoms with van der Waals surface area (Å²) in [6, 6.07) is 22.5. The molecule has 3 N–H and O–H groups in total. The van der Waals surface area contributed by atoms with Crippen LogP contribution in [0.25, 0.3) is 11.4 Å². The van der Waals surface area contributed by atoms with Crippen molar-refractivity contribution in [1.82, 2.24) is 44.2 Å². The van der Waals surface area contributed by atoms with Gasteiger partial charge in [-0.2, -0.15) is 9.10 Å². The van der Waals surface area contributed by atoms with Gasteiger partial charge >= 0.3 is 12.2 Å². The van der Waals surface area contributed by atoms with Crippen molar-refractivity contribution in [2.45, 2.75) is 113 Å². The highest BCUT2D eigenvalue weighted by atomic mass is 32.2. The highest BCUT2D eigenvalue weighted by molar-refractivity contribution is 7.92. The fourth-order valence-electron chi connectivity index (χ4n) is 8.86. The second-order valence-electron chi connectivity index (χ2n) is 20.8. The van der Waals surface area contributed by atoms with E-state index in [1.165, 1.54) is 40.4 Å². The average Bonchev–Trinajstić information content (AvgIpc) is 4.14. The molecule has 2 saturated heterocycles. The Hall–Kier alpha value is -6.58. The second-order valence-corrected chi connectivity index (χ2v) is 26.4. The average molecular weight is 1140 g/mol. The minimum atomic E-state index is -5.02. The molecular formula is C52H70N10O13S3. The van der Waals surface area contributed by atoms with Crippen molar-refractivity contribution in [3.05, 3.63) is 102 Å². The molecule has 0 bridgehead atoms. The Kier molecular flexibility index (Phi) is 18.6. The summed E-state index contributed by atoms with van der Waals surface area (Å²) < 4.78 is 124. The predicted octanol–water partition coefficient (Wildman–Crippen LogP) is 5.51. The molecule has 1 atom stereocenters. The molecule has 7 rings (SSSR count). The van der Waals surface area contributed by atoms with Gasteiger partial charge in [0.1, 0.15) is 38.2 Å². The number of nitrogens with one attached hydrogen (secondary N) is 3. The van der Waals surface area contributed by atoms with Crippen LogP contribution < -0.4 is 33.9 Å². The first-order valence-electron chi connectivity index (χ1n) is 25.3. The van der Waals surface area contributed by atoms with Crippen LogP contribution in [0.3, 0.4) is 0 Å². The normalized spacial score (nSPS) is 15.8. The lowest BCUT2D eigenvalue weighted by Crippen LogP contribution is -2.45. The van der Waals surface area contributed by atoms with Crippen molar-refractivity contribution in [1.29, 1.82) is 0 Å². The standard InChI is InChI=1S/C52H70N10O13S3/c1-51(2,3)74-49(63)53-27-28-54-76(65,66)43-25-30-59(31-26-43)44-22-23-45(77(67,68)57-39-24-29-60(35-39)50(64)75-52(4,5)6)47(46(44)48-55-58-62(56-48)34-38-14-20-42(73-9)21-15-38)78(69,70)61(32-36-10-16-40(71-7)17-11-36)33-37-12-18-41(72-8)19-13-37/h10-23,39,43,54,57H,24-35H2,1-9H3,(H,53,63)/t39-/m1/s1. The molecule has 3 heterocycles. The number of carbonyl (C=O) groups is 2. The number of aromatic nitrogens is 4. The first-order valence-corrected chi connectivity index (χ1v) is 29.8. The molecule has 5 aromatic rings. The van der Waals surface area contributed by atoms with Crippen LogP contribution in [0.4, 0.5) is 15.3 Å². The molecule has 424 valence electrons. The lowest BCUT2D eigenvalue weighted by Gasteiger charge is -2.35. The van der Waals surface area contributed by atoms with Gasteiger partial charge in [-0.15, -0.1) is 10.2 Å². The monoisotopic (exact) mass is 1140 g/mol. The molecule has 2 fully saturated rings. The van der Waals surface area contributed by atoms with E-state index in [1.807, 2.05) is 0 Å². The molecule has 78 heavy (non-hydrogen) atoms. The van der Waals surface area contributed by atoms with Crippen molar-refractivity contribution in [2.75, 3.05) is 65.5 Å². The number of hydrogen-bond acceptors (Lipinski definition) is 17. The topological polar surface area (TPSA) is 272 Å². The number of methoxy groups -OCH3 is 3. The van der Waals surface area contributed by atoms with Gasteiger partial charge in [0, 0.05) is 64.1 Å². The van der Waals surface area contributed by atoms with Gasteiger partial charge < -0.3 is 38.8 Å². The zero-order valence-corrected chi connectivity index (χ0v) is 47.8. The summed E-state index contributed by atoms with van der Waals surface area (Å²) >= 11 is 0. The Morgan fingerprint density at radius 3 is 1.74 bits per heavy atom. The fraction of sp³-hybridized carbons (Fsp3) is 0.481. The van der Waals surface area contributed by atoms with E-state index in [-0.39, 0.29) is 95.2 Å². The molecule has 0 aliphatic carbocycles. The molecule has 26 heteroatoms. The minimum absolute atomic E-state index is 0.0272. The molecule has 2 aliphatic heterocycles. The van der Waals surface area contributed by atoms with E-state index >= 15 is 16.8 Å². The lowest BCUT2D eigenvalue weighted by molar-refractivity contribution is 0.0291. The third-order valence-electron chi connectivity index (χ3n) is 12.7. The maximum absolute atomic E-state index is 16.3.